The second-order valence-corrected chi connectivity index (χ2v) is 5.36. The van der Waals surface area contributed by atoms with E-state index in [0.29, 0.717) is 6.04 Å². The van der Waals surface area contributed by atoms with Crippen molar-refractivity contribution < 1.29 is 4.79 Å². The number of halogens is 2. The average Bonchev–Trinajstić information content (AvgIpc) is 2.82. The summed E-state index contributed by atoms with van der Waals surface area (Å²) in [6, 6.07) is 10.6. The molecule has 1 unspecified atom stereocenters. The smallest absolute Gasteiger partial charge is 0.321 e. The molecule has 2 fully saturated rings. The van der Waals surface area contributed by atoms with E-state index in [9.17, 15) is 4.79 Å². The van der Waals surface area contributed by atoms with Gasteiger partial charge >= 0.3 is 6.03 Å². The molecule has 2 amide bonds. The lowest BCUT2D eigenvalue weighted by Gasteiger charge is -2.28. The fraction of sp³-hybridized carbons (Fsp3) is 0.533. The van der Waals surface area contributed by atoms with E-state index in [4.69, 9.17) is 0 Å². The van der Waals surface area contributed by atoms with Crippen molar-refractivity contribution in [3.8, 4) is 0 Å². The fourth-order valence-electron chi connectivity index (χ4n) is 2.95. The van der Waals surface area contributed by atoms with Crippen LogP contribution in [0.3, 0.4) is 0 Å². The Hall–Kier alpha value is -0.970. The Morgan fingerprint density at radius 1 is 1.10 bits per heavy atom. The number of carbonyl (C=O) groups is 1. The molecule has 0 bridgehead atoms. The molecule has 1 atom stereocenters. The maximum atomic E-state index is 12.4. The maximum absolute atomic E-state index is 12.4. The normalized spacial score (nSPS) is 21.7. The number of hydrogen-bond acceptors (Lipinski definition) is 2. The summed E-state index contributed by atoms with van der Waals surface area (Å²) >= 11 is 0. The van der Waals surface area contributed by atoms with Crippen LogP contribution in [0.4, 0.5) is 10.5 Å². The summed E-state index contributed by atoms with van der Waals surface area (Å²) in [7, 11) is 0. The minimum absolute atomic E-state index is 0. The number of nitrogens with zero attached hydrogens (tertiary/aromatic N) is 2. The van der Waals surface area contributed by atoms with Crippen LogP contribution in [0.15, 0.2) is 30.3 Å². The highest BCUT2D eigenvalue weighted by Crippen LogP contribution is 2.20. The van der Waals surface area contributed by atoms with Crippen LogP contribution < -0.4 is 10.2 Å². The van der Waals surface area contributed by atoms with Crippen molar-refractivity contribution >= 4 is 36.5 Å². The van der Waals surface area contributed by atoms with Crippen LogP contribution in [0.1, 0.15) is 19.3 Å². The van der Waals surface area contributed by atoms with Crippen molar-refractivity contribution in [1.29, 1.82) is 0 Å². The Balaban J connectivity index is 0.00000110. The summed E-state index contributed by atoms with van der Waals surface area (Å²) in [5.74, 6) is 0. The van der Waals surface area contributed by atoms with Gasteiger partial charge in [-0.05, 0) is 31.5 Å². The number of amides is 2. The lowest BCUT2D eigenvalue weighted by atomic mass is 10.0. The number of rotatable bonds is 3. The first-order chi connectivity index (χ1) is 9.34. The number of urea groups is 1. The van der Waals surface area contributed by atoms with E-state index >= 15 is 0 Å². The molecule has 0 aliphatic carbocycles. The minimum atomic E-state index is 0. The second kappa shape index (κ2) is 8.47. The molecule has 21 heavy (non-hydrogen) atoms. The van der Waals surface area contributed by atoms with E-state index in [1.54, 1.807) is 0 Å². The van der Waals surface area contributed by atoms with Gasteiger partial charge in [-0.3, -0.25) is 4.90 Å². The Morgan fingerprint density at radius 2 is 1.86 bits per heavy atom. The van der Waals surface area contributed by atoms with Crippen LogP contribution in [0.25, 0.3) is 0 Å². The highest BCUT2D eigenvalue weighted by atomic mass is 35.5. The van der Waals surface area contributed by atoms with Crippen LogP contribution in [0.5, 0.6) is 0 Å². The van der Waals surface area contributed by atoms with Gasteiger partial charge in [0.2, 0.25) is 0 Å². The van der Waals surface area contributed by atoms with Gasteiger partial charge in [0.1, 0.15) is 0 Å². The third-order valence-electron chi connectivity index (χ3n) is 4.02. The van der Waals surface area contributed by atoms with Gasteiger partial charge < -0.3 is 10.2 Å². The highest BCUT2D eigenvalue weighted by molar-refractivity contribution is 5.94. The molecular formula is C15H23Cl2N3O. The Kier molecular flexibility index (Phi) is 7.29. The number of carbonyl (C=O) groups excluding carboxylic acids is 1. The summed E-state index contributed by atoms with van der Waals surface area (Å²) in [5.41, 5.74) is 1.01. The first-order valence-corrected chi connectivity index (χ1v) is 7.19. The summed E-state index contributed by atoms with van der Waals surface area (Å²) in [5, 5.41) is 3.51. The number of para-hydroxylation sites is 1. The molecule has 4 nitrogen and oxygen atoms in total. The van der Waals surface area contributed by atoms with Gasteiger partial charge in [0.15, 0.2) is 0 Å². The standard InChI is InChI=1S/C15H21N3O.2ClH/c19-15-17(12-13-6-4-5-9-16-13)10-11-18(15)14-7-2-1-3-8-14;;/h1-3,7-8,13,16H,4-6,9-12H2;2*1H. The first-order valence-electron chi connectivity index (χ1n) is 7.19. The van der Waals surface area contributed by atoms with Crippen molar-refractivity contribution in [1.82, 2.24) is 10.2 Å². The molecular weight excluding hydrogens is 309 g/mol. The molecule has 2 saturated heterocycles. The Labute approximate surface area is 138 Å². The second-order valence-electron chi connectivity index (χ2n) is 5.36. The zero-order valence-corrected chi connectivity index (χ0v) is 13.7. The zero-order valence-electron chi connectivity index (χ0n) is 12.0. The highest BCUT2D eigenvalue weighted by Gasteiger charge is 2.31. The van der Waals surface area contributed by atoms with E-state index in [1.807, 2.05) is 40.1 Å². The first kappa shape index (κ1) is 18.1. The number of hydrogen-bond donors (Lipinski definition) is 1. The molecule has 1 aromatic rings. The number of piperidine rings is 1. The Bertz CT molecular complexity index is 438. The molecule has 1 N–H and O–H groups in total. The fourth-order valence-corrected chi connectivity index (χ4v) is 2.95. The number of nitrogens with one attached hydrogen (secondary N) is 1. The molecule has 2 aliphatic rings. The van der Waals surface area contributed by atoms with Crippen molar-refractivity contribution in [3.63, 3.8) is 0 Å². The minimum Gasteiger partial charge on any atom is -0.321 e. The predicted octanol–water partition coefficient (Wildman–Crippen LogP) is 2.91. The van der Waals surface area contributed by atoms with Gasteiger partial charge in [-0.15, -0.1) is 24.8 Å². The molecule has 2 heterocycles. The van der Waals surface area contributed by atoms with Crippen LogP contribution >= 0.6 is 24.8 Å². The molecule has 6 heteroatoms. The predicted molar refractivity (Wildman–Crippen MR) is 90.9 cm³/mol. The molecule has 3 rings (SSSR count). The van der Waals surface area contributed by atoms with Crippen LogP contribution in [-0.2, 0) is 0 Å². The summed E-state index contributed by atoms with van der Waals surface area (Å²) in [6.07, 6.45) is 3.73. The van der Waals surface area contributed by atoms with E-state index < -0.39 is 0 Å². The van der Waals surface area contributed by atoms with Gasteiger partial charge in [0.25, 0.3) is 0 Å². The lowest BCUT2D eigenvalue weighted by molar-refractivity contribution is 0.210. The van der Waals surface area contributed by atoms with Gasteiger partial charge in [-0.25, -0.2) is 4.79 Å². The van der Waals surface area contributed by atoms with E-state index in [1.165, 1.54) is 19.3 Å². The van der Waals surface area contributed by atoms with Crippen molar-refractivity contribution in [2.24, 2.45) is 0 Å². The molecule has 1 aromatic carbocycles. The van der Waals surface area contributed by atoms with Gasteiger partial charge in [-0.2, -0.15) is 0 Å². The maximum Gasteiger partial charge on any atom is 0.324 e. The third-order valence-corrected chi connectivity index (χ3v) is 4.02. The van der Waals surface area contributed by atoms with E-state index in [-0.39, 0.29) is 30.8 Å². The van der Waals surface area contributed by atoms with Crippen molar-refractivity contribution in [2.45, 2.75) is 25.3 Å². The molecule has 0 saturated carbocycles. The van der Waals surface area contributed by atoms with Gasteiger partial charge in [-0.1, -0.05) is 24.6 Å². The monoisotopic (exact) mass is 331 g/mol. The summed E-state index contributed by atoms with van der Waals surface area (Å²) < 4.78 is 0. The molecule has 0 spiro atoms. The number of anilines is 1. The SMILES string of the molecule is Cl.Cl.O=C1N(CC2CCCCN2)CCN1c1ccccc1. The average molecular weight is 332 g/mol. The van der Waals surface area contributed by atoms with E-state index in [0.717, 1.165) is 31.9 Å². The number of benzene rings is 1. The van der Waals surface area contributed by atoms with Crippen molar-refractivity contribution in [3.05, 3.63) is 30.3 Å². The van der Waals surface area contributed by atoms with Crippen LogP contribution in [0, 0.1) is 0 Å². The van der Waals surface area contributed by atoms with Gasteiger partial charge in [0, 0.05) is 31.4 Å². The van der Waals surface area contributed by atoms with Crippen molar-refractivity contribution in [2.75, 3.05) is 31.1 Å². The Morgan fingerprint density at radius 3 is 2.52 bits per heavy atom. The third kappa shape index (κ3) is 4.25. The molecule has 0 aromatic heterocycles. The van der Waals surface area contributed by atoms with E-state index in [2.05, 4.69) is 5.32 Å². The van der Waals surface area contributed by atoms with Crippen LogP contribution in [0.2, 0.25) is 0 Å². The molecule has 2 aliphatic heterocycles. The molecule has 0 radical (unpaired) electrons. The lowest BCUT2D eigenvalue weighted by Crippen LogP contribution is -2.45. The largest absolute Gasteiger partial charge is 0.324 e. The molecule has 118 valence electrons. The topological polar surface area (TPSA) is 35.6 Å². The summed E-state index contributed by atoms with van der Waals surface area (Å²) in [6.45, 7) is 3.58. The summed E-state index contributed by atoms with van der Waals surface area (Å²) in [4.78, 5) is 16.3. The quantitative estimate of drug-likeness (QED) is 0.924. The van der Waals surface area contributed by atoms with Gasteiger partial charge in [0.05, 0.1) is 0 Å². The zero-order chi connectivity index (χ0) is 13.1. The van der Waals surface area contributed by atoms with Crippen LogP contribution in [-0.4, -0.2) is 43.2 Å².